The summed E-state index contributed by atoms with van der Waals surface area (Å²) in [5.74, 6) is 1.38. The van der Waals surface area contributed by atoms with Gasteiger partial charge in [0, 0.05) is 5.56 Å². The summed E-state index contributed by atoms with van der Waals surface area (Å²) in [5.41, 5.74) is 2.32. The molecule has 0 unspecified atom stereocenters. The lowest BCUT2D eigenvalue weighted by Crippen LogP contribution is -2.06. The van der Waals surface area contributed by atoms with Crippen LogP contribution in [0, 0.1) is 11.7 Å². The first-order chi connectivity index (χ1) is 16.7. The highest BCUT2D eigenvalue weighted by atomic mass is 32.1. The zero-order chi connectivity index (χ0) is 25.0. The molecule has 0 saturated heterocycles. The number of H-pyrrole nitrogens is 1. The number of nitrogens with zero attached hydrogens (tertiary/aromatic N) is 3. The van der Waals surface area contributed by atoms with Gasteiger partial charge in [-0.15, -0.1) is 0 Å². The van der Waals surface area contributed by atoms with Crippen LogP contribution in [0.2, 0.25) is 0 Å². The minimum Gasteiger partial charge on any atom is -0.493 e. The summed E-state index contributed by atoms with van der Waals surface area (Å²) < 4.78 is 51.8. The van der Waals surface area contributed by atoms with E-state index in [1.807, 2.05) is 31.2 Å². The Bertz CT molecular complexity index is 1430. The lowest BCUT2D eigenvalue weighted by molar-refractivity contribution is -0.137. The zero-order valence-corrected chi connectivity index (χ0v) is 19.7. The van der Waals surface area contributed by atoms with Crippen LogP contribution >= 0.6 is 12.2 Å². The fourth-order valence-corrected chi connectivity index (χ4v) is 3.56. The van der Waals surface area contributed by atoms with Crippen LogP contribution < -0.4 is 9.47 Å². The zero-order valence-electron chi connectivity index (χ0n) is 18.8. The van der Waals surface area contributed by atoms with Gasteiger partial charge in [0.1, 0.15) is 6.61 Å². The third-order valence-electron chi connectivity index (χ3n) is 5.09. The van der Waals surface area contributed by atoms with Crippen molar-refractivity contribution in [1.29, 1.82) is 0 Å². The predicted molar refractivity (Wildman–Crippen MR) is 129 cm³/mol. The van der Waals surface area contributed by atoms with E-state index in [4.69, 9.17) is 21.7 Å². The molecule has 0 spiro atoms. The number of aromatic nitrogens is 3. The van der Waals surface area contributed by atoms with Gasteiger partial charge < -0.3 is 9.47 Å². The van der Waals surface area contributed by atoms with E-state index in [-0.39, 0.29) is 6.61 Å². The maximum Gasteiger partial charge on any atom is 0.416 e. The van der Waals surface area contributed by atoms with E-state index in [9.17, 15) is 13.2 Å². The Morgan fingerprint density at radius 2 is 1.86 bits per heavy atom. The number of nitrogens with one attached hydrogen (secondary N) is 1. The highest BCUT2D eigenvalue weighted by Gasteiger charge is 2.30. The first kappa shape index (κ1) is 24.2. The number of hydrogen-bond donors (Lipinski definition) is 1. The molecule has 0 atom stereocenters. The molecule has 0 saturated carbocycles. The number of halogens is 3. The molecule has 0 aliphatic carbocycles. The number of aryl methyl sites for hydroxylation is 1. The van der Waals surface area contributed by atoms with Crippen molar-refractivity contribution in [3.8, 4) is 22.9 Å². The van der Waals surface area contributed by atoms with Gasteiger partial charge >= 0.3 is 6.18 Å². The molecule has 35 heavy (non-hydrogen) atoms. The summed E-state index contributed by atoms with van der Waals surface area (Å²) in [4.78, 5) is 0. The van der Waals surface area contributed by atoms with E-state index >= 15 is 0 Å². The highest BCUT2D eigenvalue weighted by molar-refractivity contribution is 7.71. The summed E-state index contributed by atoms with van der Waals surface area (Å²) in [5, 5.41) is 11.5. The first-order valence-electron chi connectivity index (χ1n) is 10.5. The SMILES string of the molecule is COc1cc(/C=N/n2c(-c3cccc(C)c3)n[nH]c2=S)ccc1OCc1cccc(C(F)(F)F)c1. The third kappa shape index (κ3) is 5.78. The van der Waals surface area contributed by atoms with Crippen LogP contribution in [0.3, 0.4) is 0 Å². The predicted octanol–water partition coefficient (Wildman–Crippen LogP) is 6.40. The normalized spacial score (nSPS) is 11.7. The van der Waals surface area contributed by atoms with Gasteiger partial charge in [0.05, 0.1) is 18.9 Å². The minimum atomic E-state index is -4.41. The van der Waals surface area contributed by atoms with Crippen molar-refractivity contribution in [3.05, 3.63) is 93.8 Å². The first-order valence-corrected chi connectivity index (χ1v) is 10.9. The van der Waals surface area contributed by atoms with Crippen LogP contribution in [0.5, 0.6) is 11.5 Å². The van der Waals surface area contributed by atoms with Crippen molar-refractivity contribution >= 4 is 18.4 Å². The van der Waals surface area contributed by atoms with Crippen LogP contribution in [0.1, 0.15) is 22.3 Å². The Morgan fingerprint density at radius 3 is 2.60 bits per heavy atom. The third-order valence-corrected chi connectivity index (χ3v) is 5.35. The molecule has 10 heteroatoms. The van der Waals surface area contributed by atoms with Crippen molar-refractivity contribution in [2.24, 2.45) is 5.10 Å². The second kappa shape index (κ2) is 10.1. The monoisotopic (exact) mass is 498 g/mol. The number of aromatic amines is 1. The fourth-order valence-electron chi connectivity index (χ4n) is 3.38. The van der Waals surface area contributed by atoms with Gasteiger partial charge in [-0.05, 0) is 66.7 Å². The number of ether oxygens (including phenoxy) is 2. The maximum absolute atomic E-state index is 12.9. The van der Waals surface area contributed by atoms with Gasteiger partial charge in [-0.25, -0.2) is 5.10 Å². The van der Waals surface area contributed by atoms with E-state index in [2.05, 4.69) is 15.3 Å². The molecular weight excluding hydrogens is 477 g/mol. The molecule has 180 valence electrons. The molecule has 0 aliphatic heterocycles. The van der Waals surface area contributed by atoms with Gasteiger partial charge in [0.2, 0.25) is 4.77 Å². The molecule has 1 heterocycles. The van der Waals surface area contributed by atoms with Crippen molar-refractivity contribution in [3.63, 3.8) is 0 Å². The van der Waals surface area contributed by atoms with Crippen molar-refractivity contribution < 1.29 is 22.6 Å². The van der Waals surface area contributed by atoms with Crippen LogP contribution in [-0.4, -0.2) is 28.2 Å². The van der Waals surface area contributed by atoms with Crippen molar-refractivity contribution in [1.82, 2.24) is 14.9 Å². The van der Waals surface area contributed by atoms with Gasteiger partial charge in [-0.2, -0.15) is 28.0 Å². The quantitative estimate of drug-likeness (QED) is 0.236. The summed E-state index contributed by atoms with van der Waals surface area (Å²) in [7, 11) is 1.48. The molecule has 4 aromatic rings. The Hall–Kier alpha value is -3.92. The van der Waals surface area contributed by atoms with Crippen molar-refractivity contribution in [2.45, 2.75) is 19.7 Å². The average molecular weight is 499 g/mol. The largest absolute Gasteiger partial charge is 0.493 e. The van der Waals surface area contributed by atoms with Crippen LogP contribution in [-0.2, 0) is 12.8 Å². The molecule has 0 radical (unpaired) electrons. The number of rotatable bonds is 7. The summed E-state index contributed by atoms with van der Waals surface area (Å²) in [6.45, 7) is 1.94. The van der Waals surface area contributed by atoms with Gasteiger partial charge in [-0.3, -0.25) is 0 Å². The fraction of sp³-hybridized carbons (Fsp3) is 0.160. The number of hydrogen-bond acceptors (Lipinski definition) is 5. The van der Waals surface area contributed by atoms with Gasteiger partial charge in [-0.1, -0.05) is 35.9 Å². The van der Waals surface area contributed by atoms with E-state index in [1.54, 1.807) is 30.5 Å². The van der Waals surface area contributed by atoms with E-state index < -0.39 is 11.7 Å². The molecule has 3 aromatic carbocycles. The average Bonchev–Trinajstić information content (AvgIpc) is 3.21. The van der Waals surface area contributed by atoms with Crippen LogP contribution in [0.4, 0.5) is 13.2 Å². The molecule has 4 rings (SSSR count). The van der Waals surface area contributed by atoms with Crippen LogP contribution in [0.25, 0.3) is 11.4 Å². The van der Waals surface area contributed by atoms with Crippen LogP contribution in [0.15, 0.2) is 71.8 Å². The minimum absolute atomic E-state index is 0.0439. The molecule has 0 amide bonds. The lowest BCUT2D eigenvalue weighted by atomic mass is 10.1. The number of benzene rings is 3. The van der Waals surface area contributed by atoms with Crippen molar-refractivity contribution in [2.75, 3.05) is 7.11 Å². The molecule has 1 N–H and O–H groups in total. The summed E-state index contributed by atoms with van der Waals surface area (Å²) in [6, 6.07) is 18.0. The van der Waals surface area contributed by atoms with Gasteiger partial charge in [0.15, 0.2) is 17.3 Å². The molecule has 6 nitrogen and oxygen atoms in total. The molecule has 1 aromatic heterocycles. The Balaban J connectivity index is 1.53. The molecule has 0 aliphatic rings. The Kier molecular flexibility index (Phi) is 7.02. The number of alkyl halides is 3. The summed E-state index contributed by atoms with van der Waals surface area (Å²) in [6.07, 6.45) is -2.81. The molecule has 0 fully saturated rings. The maximum atomic E-state index is 12.9. The topological polar surface area (TPSA) is 64.4 Å². The van der Waals surface area contributed by atoms with E-state index in [1.165, 1.54) is 17.9 Å². The summed E-state index contributed by atoms with van der Waals surface area (Å²) >= 11 is 5.32. The second-order valence-corrected chi connectivity index (χ2v) is 8.06. The standard InChI is InChI=1S/C25H21F3N4O2S/c1-16-5-3-7-19(11-16)23-30-31-24(35)32(23)29-14-17-9-10-21(22(13-17)33-2)34-15-18-6-4-8-20(12-18)25(26,27)28/h3-14H,15H2,1-2H3,(H,31,35)/b29-14+. The molecular formula is C25H21F3N4O2S. The second-order valence-electron chi connectivity index (χ2n) is 7.68. The highest BCUT2D eigenvalue weighted by Crippen LogP contribution is 2.31. The van der Waals surface area contributed by atoms with Gasteiger partial charge in [0.25, 0.3) is 0 Å². The smallest absolute Gasteiger partial charge is 0.416 e. The molecule has 0 bridgehead atoms. The lowest BCUT2D eigenvalue weighted by Gasteiger charge is -2.13. The van der Waals surface area contributed by atoms with E-state index in [0.29, 0.717) is 33.2 Å². The Morgan fingerprint density at radius 1 is 1.06 bits per heavy atom. The Labute approximate surface area is 204 Å². The number of methoxy groups -OCH3 is 1. The van der Waals surface area contributed by atoms with E-state index in [0.717, 1.165) is 23.3 Å².